The molecular weight excluding hydrogens is 222 g/mol. The van der Waals surface area contributed by atoms with E-state index in [-0.39, 0.29) is 0 Å². The highest BCUT2D eigenvalue weighted by Crippen LogP contribution is 2.21. The van der Waals surface area contributed by atoms with Gasteiger partial charge in [-0.25, -0.2) is 0 Å². The highest BCUT2D eigenvalue weighted by molar-refractivity contribution is 6.30. The van der Waals surface area contributed by atoms with Crippen molar-refractivity contribution < 1.29 is 4.74 Å². The summed E-state index contributed by atoms with van der Waals surface area (Å²) in [6.45, 7) is 4.87. The Morgan fingerprint density at radius 1 is 1.50 bits per heavy atom. The Morgan fingerprint density at radius 2 is 2.38 bits per heavy atom. The fraction of sp³-hybridized carbons (Fsp3) is 0.538. The molecule has 0 radical (unpaired) electrons. The van der Waals surface area contributed by atoms with Crippen molar-refractivity contribution >= 4 is 17.3 Å². The maximum absolute atomic E-state index is 5.97. The molecule has 16 heavy (non-hydrogen) atoms. The third-order valence-corrected chi connectivity index (χ3v) is 3.27. The Morgan fingerprint density at radius 3 is 3.12 bits per heavy atom. The maximum Gasteiger partial charge on any atom is 0.0511 e. The Hall–Kier alpha value is -0.730. The molecule has 0 aromatic heterocycles. The lowest BCUT2D eigenvalue weighted by atomic mass is 10.0. The number of ether oxygens (including phenoxy) is 1. The lowest BCUT2D eigenvalue weighted by Gasteiger charge is -2.23. The van der Waals surface area contributed by atoms with Gasteiger partial charge in [-0.2, -0.15) is 0 Å². The van der Waals surface area contributed by atoms with E-state index < -0.39 is 0 Å². The number of aryl methyl sites for hydroxylation is 1. The molecule has 1 fully saturated rings. The molecule has 0 amide bonds. The van der Waals surface area contributed by atoms with E-state index in [0.29, 0.717) is 5.92 Å². The van der Waals surface area contributed by atoms with Gasteiger partial charge in [0.05, 0.1) is 6.61 Å². The van der Waals surface area contributed by atoms with Crippen LogP contribution in [0.2, 0.25) is 5.02 Å². The molecule has 2 nitrogen and oxygen atoms in total. The SMILES string of the molecule is Cc1ccc(Cl)cc1NCC1CCCOC1. The van der Waals surface area contributed by atoms with Gasteiger partial charge in [-0.05, 0) is 43.4 Å². The van der Waals surface area contributed by atoms with Gasteiger partial charge in [0, 0.05) is 23.9 Å². The molecule has 1 saturated heterocycles. The lowest BCUT2D eigenvalue weighted by Crippen LogP contribution is -2.24. The fourth-order valence-electron chi connectivity index (χ4n) is 2.01. The first-order chi connectivity index (χ1) is 7.75. The predicted molar refractivity (Wildman–Crippen MR) is 68.2 cm³/mol. The molecule has 3 heteroatoms. The zero-order valence-electron chi connectivity index (χ0n) is 9.63. The topological polar surface area (TPSA) is 21.3 Å². The summed E-state index contributed by atoms with van der Waals surface area (Å²) in [5.41, 5.74) is 2.37. The van der Waals surface area contributed by atoms with Gasteiger partial charge in [-0.1, -0.05) is 17.7 Å². The standard InChI is InChI=1S/C13H18ClNO/c1-10-4-5-12(14)7-13(10)15-8-11-3-2-6-16-9-11/h4-5,7,11,15H,2-3,6,8-9H2,1H3. The van der Waals surface area contributed by atoms with Gasteiger partial charge < -0.3 is 10.1 Å². The molecule has 0 aliphatic carbocycles. The molecule has 1 heterocycles. The van der Waals surface area contributed by atoms with Gasteiger partial charge >= 0.3 is 0 Å². The minimum absolute atomic E-state index is 0.632. The van der Waals surface area contributed by atoms with Crippen LogP contribution in [0, 0.1) is 12.8 Å². The van der Waals surface area contributed by atoms with Gasteiger partial charge in [-0.15, -0.1) is 0 Å². The molecule has 1 unspecified atom stereocenters. The number of halogens is 1. The van der Waals surface area contributed by atoms with Crippen LogP contribution in [0.3, 0.4) is 0 Å². The van der Waals surface area contributed by atoms with Crippen molar-refractivity contribution in [3.8, 4) is 0 Å². The summed E-state index contributed by atoms with van der Waals surface area (Å²) in [7, 11) is 0. The van der Waals surface area contributed by atoms with E-state index in [0.717, 1.165) is 30.5 Å². The molecule has 0 bridgehead atoms. The van der Waals surface area contributed by atoms with Gasteiger partial charge in [-0.3, -0.25) is 0 Å². The number of hydrogen-bond acceptors (Lipinski definition) is 2. The quantitative estimate of drug-likeness (QED) is 0.872. The minimum atomic E-state index is 0.632. The van der Waals surface area contributed by atoms with E-state index >= 15 is 0 Å². The summed E-state index contributed by atoms with van der Waals surface area (Å²) in [6, 6.07) is 5.95. The molecule has 1 atom stereocenters. The van der Waals surface area contributed by atoms with E-state index in [1.165, 1.54) is 18.4 Å². The molecule has 1 aromatic rings. The summed E-state index contributed by atoms with van der Waals surface area (Å²) < 4.78 is 5.46. The van der Waals surface area contributed by atoms with Crippen molar-refractivity contribution in [1.29, 1.82) is 0 Å². The van der Waals surface area contributed by atoms with Gasteiger partial charge in [0.1, 0.15) is 0 Å². The summed E-state index contributed by atoms with van der Waals surface area (Å²) >= 11 is 5.97. The first kappa shape index (κ1) is 11.7. The first-order valence-corrected chi connectivity index (χ1v) is 6.21. The molecule has 1 aliphatic heterocycles. The van der Waals surface area contributed by atoms with Crippen LogP contribution >= 0.6 is 11.6 Å². The highest BCUT2D eigenvalue weighted by atomic mass is 35.5. The first-order valence-electron chi connectivity index (χ1n) is 5.83. The molecule has 1 aromatic carbocycles. The average Bonchev–Trinajstić information content (AvgIpc) is 2.32. The summed E-state index contributed by atoms with van der Waals surface area (Å²) in [4.78, 5) is 0. The van der Waals surface area contributed by atoms with Crippen molar-refractivity contribution in [1.82, 2.24) is 0 Å². The van der Waals surface area contributed by atoms with Crippen LogP contribution in [0.25, 0.3) is 0 Å². The minimum Gasteiger partial charge on any atom is -0.384 e. The summed E-state index contributed by atoms with van der Waals surface area (Å²) in [6.07, 6.45) is 2.44. The Bertz CT molecular complexity index is 348. The molecular formula is C13H18ClNO. The predicted octanol–water partition coefficient (Wildman–Crippen LogP) is 3.49. The third-order valence-electron chi connectivity index (χ3n) is 3.04. The monoisotopic (exact) mass is 239 g/mol. The molecule has 2 rings (SSSR count). The third kappa shape index (κ3) is 3.13. The van der Waals surface area contributed by atoms with Crippen LogP contribution in [0.4, 0.5) is 5.69 Å². The number of hydrogen-bond donors (Lipinski definition) is 1. The highest BCUT2D eigenvalue weighted by Gasteiger charge is 2.13. The van der Waals surface area contributed by atoms with Crippen LogP contribution in [-0.2, 0) is 4.74 Å². The van der Waals surface area contributed by atoms with Gasteiger partial charge in [0.15, 0.2) is 0 Å². The fourth-order valence-corrected chi connectivity index (χ4v) is 2.18. The van der Waals surface area contributed by atoms with Crippen molar-refractivity contribution in [3.63, 3.8) is 0 Å². The Kier molecular flexibility index (Phi) is 4.08. The normalized spacial score (nSPS) is 20.8. The molecule has 0 saturated carbocycles. The Balaban J connectivity index is 1.90. The van der Waals surface area contributed by atoms with Gasteiger partial charge in [0.2, 0.25) is 0 Å². The lowest BCUT2D eigenvalue weighted by molar-refractivity contribution is 0.0595. The number of benzene rings is 1. The molecule has 1 aliphatic rings. The zero-order chi connectivity index (χ0) is 11.4. The van der Waals surface area contributed by atoms with Crippen LogP contribution in [0.1, 0.15) is 18.4 Å². The second-order valence-corrected chi connectivity index (χ2v) is 4.86. The van der Waals surface area contributed by atoms with E-state index in [1.807, 2.05) is 18.2 Å². The average molecular weight is 240 g/mol. The zero-order valence-corrected chi connectivity index (χ0v) is 10.4. The summed E-state index contributed by atoms with van der Waals surface area (Å²) in [5.74, 6) is 0.632. The van der Waals surface area contributed by atoms with E-state index in [4.69, 9.17) is 16.3 Å². The van der Waals surface area contributed by atoms with E-state index in [2.05, 4.69) is 12.2 Å². The Labute approximate surface area is 102 Å². The smallest absolute Gasteiger partial charge is 0.0511 e. The van der Waals surface area contributed by atoms with Crippen molar-refractivity contribution in [2.24, 2.45) is 5.92 Å². The molecule has 88 valence electrons. The number of rotatable bonds is 3. The van der Waals surface area contributed by atoms with Gasteiger partial charge in [0.25, 0.3) is 0 Å². The van der Waals surface area contributed by atoms with Crippen LogP contribution < -0.4 is 5.32 Å². The largest absolute Gasteiger partial charge is 0.384 e. The maximum atomic E-state index is 5.97. The second-order valence-electron chi connectivity index (χ2n) is 4.42. The van der Waals surface area contributed by atoms with Crippen molar-refractivity contribution in [2.45, 2.75) is 19.8 Å². The molecule has 1 N–H and O–H groups in total. The van der Waals surface area contributed by atoms with Crippen LogP contribution in [0.5, 0.6) is 0 Å². The van der Waals surface area contributed by atoms with Crippen molar-refractivity contribution in [3.05, 3.63) is 28.8 Å². The van der Waals surface area contributed by atoms with Crippen LogP contribution in [0.15, 0.2) is 18.2 Å². The molecule has 0 spiro atoms. The van der Waals surface area contributed by atoms with Crippen molar-refractivity contribution in [2.75, 3.05) is 25.1 Å². The van der Waals surface area contributed by atoms with E-state index in [1.54, 1.807) is 0 Å². The number of anilines is 1. The summed E-state index contributed by atoms with van der Waals surface area (Å²) in [5, 5.41) is 4.24. The van der Waals surface area contributed by atoms with E-state index in [9.17, 15) is 0 Å². The van der Waals surface area contributed by atoms with Crippen LogP contribution in [-0.4, -0.2) is 19.8 Å². The second kappa shape index (κ2) is 5.55. The number of nitrogens with one attached hydrogen (secondary N) is 1.